The molecule has 8 heteroatoms. The van der Waals surface area contributed by atoms with Gasteiger partial charge in [0, 0.05) is 22.9 Å². The molecule has 25 heavy (non-hydrogen) atoms. The molecule has 1 rings (SSSR count). The summed E-state index contributed by atoms with van der Waals surface area (Å²) in [4.78, 5) is 17.5. The van der Waals surface area contributed by atoms with Gasteiger partial charge in [-0.05, 0) is 37.4 Å². The number of hydrogen-bond donors (Lipinski definition) is 1. The molecule has 0 fully saturated rings. The van der Waals surface area contributed by atoms with Crippen LogP contribution in [0, 0.1) is 6.92 Å². The molecule has 0 saturated heterocycles. The number of carbonyl (C=O) groups excluding carboxylic acids is 1. The Morgan fingerprint density at radius 1 is 1.40 bits per heavy atom. The largest absolute Gasteiger partial charge is 0.416 e. The standard InChI is InChI=1S/C17H29BrN2O2S2Si/c1-12-10-13(23-5)15(20-14(21)11-18)16(19-12)24-9-8-22-25(6,7)17(2,3)4/h10H,8-9,11H2,1-7H3,(H,20,21). The SMILES string of the molecule is CSc1cc(C)nc(SCCO[Si](C)(C)C(C)(C)C)c1NC(=O)CBr. The molecule has 0 radical (unpaired) electrons. The molecule has 4 nitrogen and oxygen atoms in total. The normalized spacial score (nSPS) is 12.3. The number of rotatable bonds is 8. The molecule has 0 aromatic carbocycles. The number of halogens is 1. The molecule has 1 aromatic rings. The van der Waals surface area contributed by atoms with E-state index in [9.17, 15) is 4.79 Å². The van der Waals surface area contributed by atoms with Crippen molar-refractivity contribution in [1.29, 1.82) is 0 Å². The van der Waals surface area contributed by atoms with Gasteiger partial charge in [-0.2, -0.15) is 0 Å². The van der Waals surface area contributed by atoms with Crippen LogP contribution in [-0.4, -0.2) is 43.2 Å². The lowest BCUT2D eigenvalue weighted by atomic mass is 10.2. The second-order valence-electron chi connectivity index (χ2n) is 7.29. The van der Waals surface area contributed by atoms with E-state index in [1.165, 1.54) is 0 Å². The van der Waals surface area contributed by atoms with E-state index in [0.717, 1.165) is 27.1 Å². The molecular weight excluding hydrogens is 436 g/mol. The number of amides is 1. The van der Waals surface area contributed by atoms with E-state index >= 15 is 0 Å². The van der Waals surface area contributed by atoms with Crippen molar-refractivity contribution < 1.29 is 9.22 Å². The van der Waals surface area contributed by atoms with Crippen molar-refractivity contribution in [3.05, 3.63) is 11.8 Å². The minimum atomic E-state index is -1.73. The summed E-state index contributed by atoms with van der Waals surface area (Å²) in [6, 6.07) is 2.00. The van der Waals surface area contributed by atoms with Crippen LogP contribution in [0.3, 0.4) is 0 Å². The van der Waals surface area contributed by atoms with Gasteiger partial charge in [-0.25, -0.2) is 4.98 Å². The lowest BCUT2D eigenvalue weighted by Gasteiger charge is -2.36. The predicted octanol–water partition coefficient (Wildman–Crippen LogP) is 5.56. The third-order valence-corrected chi connectivity index (χ3v) is 11.0. The van der Waals surface area contributed by atoms with E-state index < -0.39 is 8.32 Å². The smallest absolute Gasteiger partial charge is 0.235 e. The summed E-state index contributed by atoms with van der Waals surface area (Å²) in [6.07, 6.45) is 2.01. The molecule has 0 aliphatic heterocycles. The van der Waals surface area contributed by atoms with Gasteiger partial charge in [0.05, 0.1) is 11.0 Å². The summed E-state index contributed by atoms with van der Waals surface area (Å²) in [5.41, 5.74) is 1.76. The van der Waals surface area contributed by atoms with Gasteiger partial charge in [0.2, 0.25) is 5.91 Å². The average Bonchev–Trinajstić information content (AvgIpc) is 2.51. The molecular formula is C17H29BrN2O2S2Si. The zero-order chi connectivity index (χ0) is 19.3. The van der Waals surface area contributed by atoms with Crippen LogP contribution < -0.4 is 5.32 Å². The zero-order valence-corrected chi connectivity index (χ0v) is 20.4. The van der Waals surface area contributed by atoms with Crippen molar-refractivity contribution in [2.24, 2.45) is 0 Å². The lowest BCUT2D eigenvalue weighted by molar-refractivity contribution is -0.113. The third-order valence-electron chi connectivity index (χ3n) is 4.28. The monoisotopic (exact) mass is 464 g/mol. The fourth-order valence-electron chi connectivity index (χ4n) is 1.82. The van der Waals surface area contributed by atoms with E-state index in [1.54, 1.807) is 23.5 Å². The fraction of sp³-hybridized carbons (Fsp3) is 0.647. The summed E-state index contributed by atoms with van der Waals surface area (Å²) in [5.74, 6) is 0.744. The van der Waals surface area contributed by atoms with E-state index in [1.807, 2.05) is 19.2 Å². The van der Waals surface area contributed by atoms with E-state index in [-0.39, 0.29) is 16.3 Å². The Kier molecular flexibility index (Phi) is 9.00. The fourth-order valence-corrected chi connectivity index (χ4v) is 4.73. The number of nitrogens with one attached hydrogen (secondary N) is 1. The summed E-state index contributed by atoms with van der Waals surface area (Å²) >= 11 is 6.45. The van der Waals surface area contributed by atoms with Crippen molar-refractivity contribution in [3.63, 3.8) is 0 Å². The third kappa shape index (κ3) is 6.90. The van der Waals surface area contributed by atoms with Crippen molar-refractivity contribution in [2.75, 3.05) is 29.3 Å². The maximum atomic E-state index is 11.8. The Bertz CT molecular complexity index is 607. The molecule has 1 aromatic heterocycles. The van der Waals surface area contributed by atoms with Crippen LogP contribution >= 0.6 is 39.5 Å². The minimum absolute atomic E-state index is 0.0691. The number of thioether (sulfide) groups is 2. The van der Waals surface area contributed by atoms with Crippen LogP contribution in [0.4, 0.5) is 5.69 Å². The first-order valence-corrected chi connectivity index (χ1v) is 14.4. The first kappa shape index (κ1) is 23.0. The van der Waals surface area contributed by atoms with Crippen molar-refractivity contribution in [3.8, 4) is 0 Å². The van der Waals surface area contributed by atoms with E-state index in [2.05, 4.69) is 60.1 Å². The number of pyridine rings is 1. The van der Waals surface area contributed by atoms with Crippen LogP contribution in [0.15, 0.2) is 16.0 Å². The highest BCUT2D eigenvalue weighted by Gasteiger charge is 2.36. The summed E-state index contributed by atoms with van der Waals surface area (Å²) in [7, 11) is -1.73. The lowest BCUT2D eigenvalue weighted by Crippen LogP contribution is -2.41. The summed E-state index contributed by atoms with van der Waals surface area (Å²) in [5, 5.41) is 4.30. The van der Waals surface area contributed by atoms with Gasteiger partial charge in [0.15, 0.2) is 8.32 Å². The number of nitrogens with zero attached hydrogens (tertiary/aromatic N) is 1. The predicted molar refractivity (Wildman–Crippen MR) is 117 cm³/mol. The topological polar surface area (TPSA) is 51.2 Å². The molecule has 0 bridgehead atoms. The van der Waals surface area contributed by atoms with Crippen molar-refractivity contribution in [2.45, 2.75) is 55.7 Å². The number of alkyl halides is 1. The van der Waals surface area contributed by atoms with Crippen LogP contribution in [0.5, 0.6) is 0 Å². The van der Waals surface area contributed by atoms with Crippen LogP contribution in [0.2, 0.25) is 18.1 Å². The van der Waals surface area contributed by atoms with Crippen LogP contribution in [-0.2, 0) is 9.22 Å². The Morgan fingerprint density at radius 3 is 2.56 bits per heavy atom. The molecule has 0 aliphatic rings. The molecule has 0 unspecified atom stereocenters. The Labute approximate surface area is 169 Å². The number of aryl methyl sites for hydroxylation is 1. The highest BCUT2D eigenvalue weighted by Crippen LogP contribution is 2.37. The van der Waals surface area contributed by atoms with Gasteiger partial charge >= 0.3 is 0 Å². The molecule has 0 aliphatic carbocycles. The minimum Gasteiger partial charge on any atom is -0.416 e. The van der Waals surface area contributed by atoms with Crippen molar-refractivity contribution in [1.82, 2.24) is 4.98 Å². The highest BCUT2D eigenvalue weighted by molar-refractivity contribution is 9.09. The van der Waals surface area contributed by atoms with Crippen LogP contribution in [0.1, 0.15) is 26.5 Å². The second-order valence-corrected chi connectivity index (χ2v) is 14.6. The maximum absolute atomic E-state index is 11.8. The summed E-state index contributed by atoms with van der Waals surface area (Å²) < 4.78 is 6.23. The van der Waals surface area contributed by atoms with E-state index in [0.29, 0.717) is 6.61 Å². The molecule has 1 N–H and O–H groups in total. The quantitative estimate of drug-likeness (QED) is 0.236. The molecule has 142 valence electrons. The number of carbonyl (C=O) groups is 1. The molecule has 1 amide bonds. The summed E-state index contributed by atoms with van der Waals surface area (Å²) in [6.45, 7) is 13.9. The molecule has 0 atom stereocenters. The van der Waals surface area contributed by atoms with Gasteiger partial charge in [0.1, 0.15) is 5.03 Å². The number of hydrogen-bond acceptors (Lipinski definition) is 5. The van der Waals surface area contributed by atoms with Gasteiger partial charge < -0.3 is 9.74 Å². The zero-order valence-electron chi connectivity index (χ0n) is 16.2. The van der Waals surface area contributed by atoms with Crippen LogP contribution in [0.25, 0.3) is 0 Å². The Hall–Kier alpha value is -0.0231. The maximum Gasteiger partial charge on any atom is 0.235 e. The Morgan fingerprint density at radius 2 is 2.04 bits per heavy atom. The van der Waals surface area contributed by atoms with E-state index in [4.69, 9.17) is 4.43 Å². The number of aromatic nitrogens is 1. The van der Waals surface area contributed by atoms with Gasteiger partial charge in [-0.1, -0.05) is 36.7 Å². The molecule has 1 heterocycles. The first-order chi connectivity index (χ1) is 11.5. The van der Waals surface area contributed by atoms with Gasteiger partial charge in [-0.3, -0.25) is 4.79 Å². The second kappa shape index (κ2) is 9.78. The van der Waals surface area contributed by atoms with Crippen molar-refractivity contribution >= 4 is 59.4 Å². The first-order valence-electron chi connectivity index (χ1n) is 8.20. The van der Waals surface area contributed by atoms with Gasteiger partial charge in [0.25, 0.3) is 0 Å². The molecule has 0 saturated carbocycles. The average molecular weight is 466 g/mol. The number of anilines is 1. The highest BCUT2D eigenvalue weighted by atomic mass is 79.9. The van der Waals surface area contributed by atoms with Gasteiger partial charge in [-0.15, -0.1) is 23.5 Å². The molecule has 0 spiro atoms. The Balaban J connectivity index is 2.84.